The van der Waals surface area contributed by atoms with Gasteiger partial charge in [-0.2, -0.15) is 0 Å². The second-order valence-corrected chi connectivity index (χ2v) is 4.88. The van der Waals surface area contributed by atoms with Gasteiger partial charge in [-0.3, -0.25) is 4.79 Å². The summed E-state index contributed by atoms with van der Waals surface area (Å²) in [5.74, 6) is -1.72. The zero-order valence-electron chi connectivity index (χ0n) is 11.8. The molecule has 20 heavy (non-hydrogen) atoms. The molecule has 2 atom stereocenters. The van der Waals surface area contributed by atoms with Crippen molar-refractivity contribution in [1.82, 2.24) is 0 Å². The molecule has 0 bridgehead atoms. The van der Waals surface area contributed by atoms with Crippen molar-refractivity contribution < 1.29 is 28.9 Å². The Morgan fingerprint density at radius 3 is 2.60 bits per heavy atom. The first-order chi connectivity index (χ1) is 9.52. The summed E-state index contributed by atoms with van der Waals surface area (Å²) in [4.78, 5) is 22.1. The number of carbonyl (C=O) groups is 2. The summed E-state index contributed by atoms with van der Waals surface area (Å²) in [5, 5.41) is 9.08. The molecule has 2 unspecified atom stereocenters. The maximum atomic E-state index is 11.1. The van der Waals surface area contributed by atoms with Gasteiger partial charge < -0.3 is 19.3 Å². The highest BCUT2D eigenvalue weighted by molar-refractivity contribution is 5.86. The number of carbonyl (C=O) groups excluding carboxylic acids is 1. The zero-order valence-corrected chi connectivity index (χ0v) is 11.8. The molecule has 0 aromatic carbocycles. The van der Waals surface area contributed by atoms with E-state index < -0.39 is 17.9 Å². The lowest BCUT2D eigenvalue weighted by Gasteiger charge is -2.28. The van der Waals surface area contributed by atoms with Crippen LogP contribution in [0.3, 0.4) is 0 Å². The summed E-state index contributed by atoms with van der Waals surface area (Å²) >= 11 is 0. The number of carboxylic acids is 1. The van der Waals surface area contributed by atoms with E-state index in [4.69, 9.17) is 19.3 Å². The van der Waals surface area contributed by atoms with Crippen LogP contribution < -0.4 is 0 Å². The summed E-state index contributed by atoms with van der Waals surface area (Å²) in [6, 6.07) is 0. The quantitative estimate of drug-likeness (QED) is 0.317. The lowest BCUT2D eigenvalue weighted by atomic mass is 9.86. The van der Waals surface area contributed by atoms with E-state index in [-0.39, 0.29) is 26.1 Å². The van der Waals surface area contributed by atoms with Gasteiger partial charge in [0.2, 0.25) is 0 Å². The Bertz CT molecular complexity index is 352. The predicted octanol–water partition coefficient (Wildman–Crippen LogP) is 1.74. The SMILES string of the molecule is C=C(C)C(=O)OCCOCOC1CCCCC1C(=O)O. The maximum absolute atomic E-state index is 11.1. The van der Waals surface area contributed by atoms with E-state index in [0.29, 0.717) is 12.0 Å². The molecule has 0 radical (unpaired) electrons. The van der Waals surface area contributed by atoms with Crippen LogP contribution >= 0.6 is 0 Å². The molecule has 1 aliphatic carbocycles. The van der Waals surface area contributed by atoms with E-state index in [0.717, 1.165) is 19.3 Å². The third kappa shape index (κ3) is 5.71. The van der Waals surface area contributed by atoms with Crippen molar-refractivity contribution in [2.75, 3.05) is 20.0 Å². The molecule has 6 nitrogen and oxygen atoms in total. The minimum absolute atomic E-state index is 0.0130. The lowest BCUT2D eigenvalue weighted by molar-refractivity contribution is -0.161. The molecular formula is C14H22O6. The average Bonchev–Trinajstić information content (AvgIpc) is 2.42. The first-order valence-corrected chi connectivity index (χ1v) is 6.77. The highest BCUT2D eigenvalue weighted by atomic mass is 16.7. The molecule has 114 valence electrons. The molecule has 0 saturated heterocycles. The van der Waals surface area contributed by atoms with E-state index in [1.165, 1.54) is 0 Å². The molecule has 0 spiro atoms. The molecule has 1 rings (SSSR count). The van der Waals surface area contributed by atoms with Crippen molar-refractivity contribution in [1.29, 1.82) is 0 Å². The standard InChI is InChI=1S/C14H22O6/c1-10(2)14(17)19-8-7-18-9-20-12-6-4-3-5-11(12)13(15)16/h11-12H,1,3-9H2,2H3,(H,15,16). The van der Waals surface area contributed by atoms with Gasteiger partial charge in [-0.05, 0) is 19.8 Å². The van der Waals surface area contributed by atoms with E-state index in [1.807, 2.05) is 0 Å². The van der Waals surface area contributed by atoms with Crippen molar-refractivity contribution in [3.63, 3.8) is 0 Å². The van der Waals surface area contributed by atoms with Gasteiger partial charge in [-0.15, -0.1) is 0 Å². The van der Waals surface area contributed by atoms with Crippen molar-refractivity contribution in [2.24, 2.45) is 5.92 Å². The Labute approximate surface area is 118 Å². The van der Waals surface area contributed by atoms with Gasteiger partial charge in [0.1, 0.15) is 13.4 Å². The third-order valence-corrected chi connectivity index (χ3v) is 3.19. The summed E-state index contributed by atoms with van der Waals surface area (Å²) in [5.41, 5.74) is 0.341. The number of ether oxygens (including phenoxy) is 3. The monoisotopic (exact) mass is 286 g/mol. The molecule has 0 heterocycles. The number of hydrogen-bond donors (Lipinski definition) is 1. The fraction of sp³-hybridized carbons (Fsp3) is 0.714. The minimum Gasteiger partial charge on any atom is -0.481 e. The Morgan fingerprint density at radius 2 is 1.95 bits per heavy atom. The Kier molecular flexibility index (Phi) is 7.25. The number of esters is 1. The Hall–Kier alpha value is -1.40. The van der Waals surface area contributed by atoms with Crippen LogP contribution in [0.15, 0.2) is 12.2 Å². The molecule has 1 N–H and O–H groups in total. The average molecular weight is 286 g/mol. The van der Waals surface area contributed by atoms with Crippen molar-refractivity contribution >= 4 is 11.9 Å². The Morgan fingerprint density at radius 1 is 1.25 bits per heavy atom. The molecule has 0 amide bonds. The van der Waals surface area contributed by atoms with Gasteiger partial charge in [-0.25, -0.2) is 4.79 Å². The van der Waals surface area contributed by atoms with Crippen LogP contribution in [0, 0.1) is 5.92 Å². The second-order valence-electron chi connectivity index (χ2n) is 4.88. The maximum Gasteiger partial charge on any atom is 0.333 e. The van der Waals surface area contributed by atoms with Crippen LogP contribution in [0.5, 0.6) is 0 Å². The fourth-order valence-corrected chi connectivity index (χ4v) is 2.09. The first kappa shape index (κ1) is 16.7. The van der Waals surface area contributed by atoms with Crippen molar-refractivity contribution in [3.8, 4) is 0 Å². The zero-order chi connectivity index (χ0) is 15.0. The van der Waals surface area contributed by atoms with Crippen LogP contribution in [0.25, 0.3) is 0 Å². The van der Waals surface area contributed by atoms with E-state index >= 15 is 0 Å². The topological polar surface area (TPSA) is 82.1 Å². The number of rotatable bonds is 8. The molecule has 1 fully saturated rings. The molecule has 6 heteroatoms. The summed E-state index contributed by atoms with van der Waals surface area (Å²) < 4.78 is 15.5. The molecule has 1 aliphatic rings. The normalized spacial score (nSPS) is 22.2. The minimum atomic E-state index is -0.815. The molecule has 0 aliphatic heterocycles. The third-order valence-electron chi connectivity index (χ3n) is 3.19. The van der Waals surface area contributed by atoms with Crippen LogP contribution in [-0.2, 0) is 23.8 Å². The van der Waals surface area contributed by atoms with Crippen LogP contribution in [0.1, 0.15) is 32.6 Å². The van der Waals surface area contributed by atoms with Crippen LogP contribution in [-0.4, -0.2) is 43.2 Å². The number of carboxylic acid groups (broad SMARTS) is 1. The van der Waals surface area contributed by atoms with E-state index in [1.54, 1.807) is 6.92 Å². The fourth-order valence-electron chi connectivity index (χ4n) is 2.09. The van der Waals surface area contributed by atoms with Crippen LogP contribution in [0.4, 0.5) is 0 Å². The van der Waals surface area contributed by atoms with E-state index in [9.17, 15) is 9.59 Å². The summed E-state index contributed by atoms with van der Waals surface area (Å²) in [6.07, 6.45) is 3.00. The molecule has 0 aromatic heterocycles. The van der Waals surface area contributed by atoms with Crippen molar-refractivity contribution in [3.05, 3.63) is 12.2 Å². The number of aliphatic carboxylic acids is 1. The predicted molar refractivity (Wildman–Crippen MR) is 71.1 cm³/mol. The first-order valence-electron chi connectivity index (χ1n) is 6.77. The second kappa shape index (κ2) is 8.71. The van der Waals surface area contributed by atoms with Gasteiger partial charge in [0.05, 0.1) is 18.6 Å². The molecular weight excluding hydrogens is 264 g/mol. The van der Waals surface area contributed by atoms with Gasteiger partial charge in [0.25, 0.3) is 0 Å². The van der Waals surface area contributed by atoms with Gasteiger partial charge in [-0.1, -0.05) is 19.4 Å². The molecule has 0 aromatic rings. The summed E-state index contributed by atoms with van der Waals surface area (Å²) in [6.45, 7) is 5.38. The summed E-state index contributed by atoms with van der Waals surface area (Å²) in [7, 11) is 0. The Balaban J connectivity index is 2.12. The highest BCUT2D eigenvalue weighted by Gasteiger charge is 2.31. The van der Waals surface area contributed by atoms with Gasteiger partial charge in [0.15, 0.2) is 0 Å². The van der Waals surface area contributed by atoms with Gasteiger partial charge >= 0.3 is 11.9 Å². The number of hydrogen-bond acceptors (Lipinski definition) is 5. The molecule has 1 saturated carbocycles. The largest absolute Gasteiger partial charge is 0.481 e. The van der Waals surface area contributed by atoms with Crippen molar-refractivity contribution in [2.45, 2.75) is 38.7 Å². The van der Waals surface area contributed by atoms with E-state index in [2.05, 4.69) is 6.58 Å². The van der Waals surface area contributed by atoms with Gasteiger partial charge in [0, 0.05) is 5.57 Å². The lowest BCUT2D eigenvalue weighted by Crippen LogP contribution is -2.34. The van der Waals surface area contributed by atoms with Crippen LogP contribution in [0.2, 0.25) is 0 Å². The smallest absolute Gasteiger partial charge is 0.333 e. The highest BCUT2D eigenvalue weighted by Crippen LogP contribution is 2.27.